The lowest BCUT2D eigenvalue weighted by Gasteiger charge is -2.33. The van der Waals surface area contributed by atoms with Gasteiger partial charge < -0.3 is 5.32 Å². The molecule has 0 amide bonds. The summed E-state index contributed by atoms with van der Waals surface area (Å²) < 4.78 is 3.98. The van der Waals surface area contributed by atoms with Gasteiger partial charge in [0.25, 0.3) is 0 Å². The van der Waals surface area contributed by atoms with E-state index in [0.29, 0.717) is 0 Å². The Labute approximate surface area is 141 Å². The topological polar surface area (TPSA) is 53.9 Å². The number of hydrogen-bond donors (Lipinski definition) is 1. The zero-order chi connectivity index (χ0) is 15.5. The van der Waals surface area contributed by atoms with Crippen molar-refractivity contribution in [2.24, 2.45) is 17.8 Å². The molecule has 0 bridgehead atoms. The van der Waals surface area contributed by atoms with Crippen molar-refractivity contribution in [3.8, 4) is 0 Å². The van der Waals surface area contributed by atoms with Crippen LogP contribution < -0.4 is 5.32 Å². The van der Waals surface area contributed by atoms with E-state index in [2.05, 4.69) is 36.2 Å². The summed E-state index contributed by atoms with van der Waals surface area (Å²) in [6.45, 7) is 4.44. The van der Waals surface area contributed by atoms with Gasteiger partial charge in [-0.3, -0.25) is 4.90 Å². The number of hydrogen-bond acceptors (Lipinski definition) is 6. The molecule has 1 saturated carbocycles. The maximum atomic E-state index is 4.38. The van der Waals surface area contributed by atoms with Crippen LogP contribution in [0.4, 0.5) is 5.82 Å². The van der Waals surface area contributed by atoms with Crippen LogP contribution >= 0.6 is 11.5 Å². The summed E-state index contributed by atoms with van der Waals surface area (Å²) in [7, 11) is 0. The average molecular weight is 329 g/mol. The second-order valence-electron chi connectivity index (χ2n) is 6.80. The van der Waals surface area contributed by atoms with Gasteiger partial charge in [0.15, 0.2) is 0 Å². The van der Waals surface area contributed by atoms with Gasteiger partial charge in [-0.25, -0.2) is 4.98 Å². The highest BCUT2D eigenvalue weighted by Crippen LogP contribution is 2.40. The van der Waals surface area contributed by atoms with Crippen molar-refractivity contribution in [1.29, 1.82) is 0 Å². The zero-order valence-electron chi connectivity index (χ0n) is 13.3. The highest BCUT2D eigenvalue weighted by atomic mass is 32.1. The Bertz CT molecular complexity index is 603. The Morgan fingerprint density at radius 2 is 2.26 bits per heavy atom. The fourth-order valence-corrected chi connectivity index (χ4v) is 4.69. The lowest BCUT2D eigenvalue weighted by Crippen LogP contribution is -2.32. The highest BCUT2D eigenvalue weighted by Gasteiger charge is 2.39. The summed E-state index contributed by atoms with van der Waals surface area (Å²) in [4.78, 5) is 6.95. The van der Waals surface area contributed by atoms with Crippen LogP contribution in [0.2, 0.25) is 0 Å². The van der Waals surface area contributed by atoms with Crippen LogP contribution in [-0.4, -0.2) is 39.1 Å². The maximum Gasteiger partial charge on any atom is 0.125 e. The van der Waals surface area contributed by atoms with Gasteiger partial charge in [-0.2, -0.15) is 0 Å². The highest BCUT2D eigenvalue weighted by molar-refractivity contribution is 7.03. The summed E-state index contributed by atoms with van der Waals surface area (Å²) in [5.74, 6) is 3.42. The van der Waals surface area contributed by atoms with Crippen LogP contribution in [0.3, 0.4) is 0 Å². The van der Waals surface area contributed by atoms with E-state index in [0.717, 1.165) is 42.4 Å². The normalized spacial score (nSPS) is 27.7. The van der Waals surface area contributed by atoms with Crippen LogP contribution in [0.5, 0.6) is 0 Å². The second-order valence-corrected chi connectivity index (χ2v) is 7.41. The van der Waals surface area contributed by atoms with E-state index in [4.69, 9.17) is 0 Å². The van der Waals surface area contributed by atoms with Gasteiger partial charge in [0.2, 0.25) is 0 Å². The molecular formula is C17H23N5S. The zero-order valence-corrected chi connectivity index (χ0v) is 14.1. The number of anilines is 1. The molecule has 2 aromatic rings. The monoisotopic (exact) mass is 329 g/mol. The molecule has 5 nitrogen and oxygen atoms in total. The fraction of sp³-hybridized carbons (Fsp3) is 0.588. The first-order valence-corrected chi connectivity index (χ1v) is 9.35. The summed E-state index contributed by atoms with van der Waals surface area (Å²) in [6, 6.07) is 6.05. The molecule has 0 unspecified atom stereocenters. The molecule has 0 radical (unpaired) electrons. The maximum absolute atomic E-state index is 4.38. The van der Waals surface area contributed by atoms with Crippen molar-refractivity contribution in [1.82, 2.24) is 19.5 Å². The molecule has 2 aromatic heterocycles. The smallest absolute Gasteiger partial charge is 0.125 e. The Hall–Kier alpha value is -1.53. The first kappa shape index (κ1) is 15.0. The van der Waals surface area contributed by atoms with Crippen molar-refractivity contribution in [3.05, 3.63) is 35.5 Å². The first-order chi connectivity index (χ1) is 11.4. The standard InChI is InChI=1S/C17H23N5S/c1-2-7-18-17(6-1)19-8-13-4-3-5-14-9-22(11-16(13)14)10-15-12-23-21-20-15/h1-2,6-7,12-14,16H,3-5,8-11H2,(H,18,19)/t13-,14+,16+/m1/s1. The number of likely N-dealkylation sites (tertiary alicyclic amines) is 1. The molecular weight excluding hydrogens is 306 g/mol. The number of nitrogens with one attached hydrogen (secondary N) is 1. The Balaban J connectivity index is 1.35. The molecule has 0 aromatic carbocycles. The van der Waals surface area contributed by atoms with Crippen LogP contribution in [0, 0.1) is 17.8 Å². The van der Waals surface area contributed by atoms with Crippen molar-refractivity contribution in [2.75, 3.05) is 25.0 Å². The largest absolute Gasteiger partial charge is 0.370 e. The van der Waals surface area contributed by atoms with Crippen molar-refractivity contribution in [3.63, 3.8) is 0 Å². The van der Waals surface area contributed by atoms with E-state index >= 15 is 0 Å². The summed E-state index contributed by atoms with van der Waals surface area (Å²) in [6.07, 6.45) is 5.94. The van der Waals surface area contributed by atoms with Gasteiger partial charge in [0, 0.05) is 37.8 Å². The second kappa shape index (κ2) is 6.93. The minimum Gasteiger partial charge on any atom is -0.370 e. The number of rotatable bonds is 5. The van der Waals surface area contributed by atoms with E-state index in [1.54, 1.807) is 0 Å². The van der Waals surface area contributed by atoms with Crippen LogP contribution in [0.1, 0.15) is 25.0 Å². The van der Waals surface area contributed by atoms with Gasteiger partial charge in [-0.1, -0.05) is 17.0 Å². The minimum absolute atomic E-state index is 0.759. The minimum atomic E-state index is 0.759. The van der Waals surface area contributed by atoms with Gasteiger partial charge in [0.05, 0.1) is 5.69 Å². The average Bonchev–Trinajstić information content (AvgIpc) is 3.23. The molecule has 6 heteroatoms. The number of aromatic nitrogens is 3. The van der Waals surface area contributed by atoms with Gasteiger partial charge in [-0.05, 0) is 54.3 Å². The molecule has 1 aliphatic heterocycles. The predicted octanol–water partition coefficient (Wildman–Crippen LogP) is 2.89. The third-order valence-electron chi connectivity index (χ3n) is 5.32. The molecule has 23 heavy (non-hydrogen) atoms. The van der Waals surface area contributed by atoms with E-state index in [1.165, 1.54) is 43.9 Å². The van der Waals surface area contributed by atoms with Crippen molar-refractivity contribution >= 4 is 17.4 Å². The SMILES string of the molecule is c1ccc(NC[C@H]2CCC[C@H]3CN(Cc4csnn4)C[C@@H]23)nc1. The molecule has 1 N–H and O–H groups in total. The number of fused-ring (bicyclic) bond motifs is 1. The Kier molecular flexibility index (Phi) is 4.52. The third-order valence-corrected chi connectivity index (χ3v) is 5.88. The lowest BCUT2D eigenvalue weighted by atomic mass is 9.74. The summed E-state index contributed by atoms with van der Waals surface area (Å²) >= 11 is 1.45. The van der Waals surface area contributed by atoms with Crippen LogP contribution in [0.25, 0.3) is 0 Å². The van der Waals surface area contributed by atoms with Crippen molar-refractivity contribution < 1.29 is 0 Å². The van der Waals surface area contributed by atoms with Gasteiger partial charge >= 0.3 is 0 Å². The van der Waals surface area contributed by atoms with Crippen LogP contribution in [-0.2, 0) is 6.54 Å². The molecule has 0 spiro atoms. The Morgan fingerprint density at radius 3 is 3.09 bits per heavy atom. The van der Waals surface area contributed by atoms with E-state index < -0.39 is 0 Å². The number of nitrogens with zero attached hydrogens (tertiary/aromatic N) is 4. The summed E-state index contributed by atoms with van der Waals surface area (Å²) in [5, 5.41) is 9.81. The summed E-state index contributed by atoms with van der Waals surface area (Å²) in [5.41, 5.74) is 1.12. The van der Waals surface area contributed by atoms with Gasteiger partial charge in [0.1, 0.15) is 5.82 Å². The Morgan fingerprint density at radius 1 is 1.26 bits per heavy atom. The molecule has 122 valence electrons. The molecule has 2 fully saturated rings. The predicted molar refractivity (Wildman–Crippen MR) is 92.2 cm³/mol. The molecule has 2 aliphatic rings. The van der Waals surface area contributed by atoms with Crippen molar-refractivity contribution in [2.45, 2.75) is 25.8 Å². The lowest BCUT2D eigenvalue weighted by molar-refractivity contribution is 0.207. The molecule has 4 rings (SSSR count). The molecule has 3 atom stereocenters. The fourth-order valence-electron chi connectivity index (χ4n) is 4.25. The molecule has 3 heterocycles. The molecule has 1 saturated heterocycles. The number of pyridine rings is 1. The molecule has 1 aliphatic carbocycles. The first-order valence-electron chi connectivity index (χ1n) is 8.51. The van der Waals surface area contributed by atoms with E-state index in [1.807, 2.05) is 18.3 Å². The quantitative estimate of drug-likeness (QED) is 0.914. The van der Waals surface area contributed by atoms with E-state index in [9.17, 15) is 0 Å². The van der Waals surface area contributed by atoms with Crippen LogP contribution in [0.15, 0.2) is 29.8 Å². The van der Waals surface area contributed by atoms with E-state index in [-0.39, 0.29) is 0 Å². The van der Waals surface area contributed by atoms with Gasteiger partial charge in [-0.15, -0.1) is 5.10 Å². The third kappa shape index (κ3) is 3.53.